The molecular formula is C13H17ClFNO. The van der Waals surface area contributed by atoms with Crippen LogP contribution in [-0.2, 0) is 0 Å². The van der Waals surface area contributed by atoms with E-state index in [9.17, 15) is 9.50 Å². The Labute approximate surface area is 106 Å². The number of rotatable bonds is 2. The molecule has 0 spiro atoms. The van der Waals surface area contributed by atoms with Crippen LogP contribution in [0.5, 0.6) is 0 Å². The Morgan fingerprint density at radius 3 is 2.76 bits per heavy atom. The van der Waals surface area contributed by atoms with Gasteiger partial charge in [0.05, 0.1) is 22.9 Å². The van der Waals surface area contributed by atoms with Crippen LogP contribution < -0.4 is 5.32 Å². The highest BCUT2D eigenvalue weighted by Crippen LogP contribution is 2.27. The Bertz CT molecular complexity index is 386. The quantitative estimate of drug-likeness (QED) is 0.794. The normalized spacial score (nSPS) is 25.4. The van der Waals surface area contributed by atoms with Crippen molar-refractivity contribution in [1.82, 2.24) is 0 Å². The molecule has 0 heterocycles. The van der Waals surface area contributed by atoms with Crippen molar-refractivity contribution in [2.75, 3.05) is 5.32 Å². The van der Waals surface area contributed by atoms with Crippen LogP contribution in [0.25, 0.3) is 0 Å². The Kier molecular flexibility index (Phi) is 4.24. The second-order valence-corrected chi connectivity index (χ2v) is 4.99. The van der Waals surface area contributed by atoms with Crippen molar-refractivity contribution >= 4 is 17.3 Å². The van der Waals surface area contributed by atoms with Gasteiger partial charge < -0.3 is 10.4 Å². The number of aliphatic hydroxyl groups excluding tert-OH is 1. The molecule has 1 aromatic carbocycles. The molecule has 4 heteroatoms. The molecule has 1 aliphatic carbocycles. The van der Waals surface area contributed by atoms with Crippen molar-refractivity contribution in [3.63, 3.8) is 0 Å². The second-order valence-electron chi connectivity index (χ2n) is 4.58. The van der Waals surface area contributed by atoms with Crippen LogP contribution in [0.3, 0.4) is 0 Å². The summed E-state index contributed by atoms with van der Waals surface area (Å²) in [6.07, 6.45) is 4.72. The lowest BCUT2D eigenvalue weighted by atomic mass is 10.1. The van der Waals surface area contributed by atoms with Gasteiger partial charge in [0.1, 0.15) is 5.82 Å². The fraction of sp³-hybridized carbons (Fsp3) is 0.538. The number of halogens is 2. The van der Waals surface area contributed by atoms with E-state index in [1.165, 1.54) is 12.1 Å². The number of hydrogen-bond donors (Lipinski definition) is 2. The Balaban J connectivity index is 2.08. The van der Waals surface area contributed by atoms with E-state index in [1.54, 1.807) is 6.07 Å². The molecule has 2 atom stereocenters. The van der Waals surface area contributed by atoms with E-state index in [0.29, 0.717) is 10.7 Å². The SMILES string of the molecule is OC1CCCCCC1Nc1ccc(F)cc1Cl. The summed E-state index contributed by atoms with van der Waals surface area (Å²) >= 11 is 5.95. The average molecular weight is 258 g/mol. The molecule has 0 aliphatic heterocycles. The van der Waals surface area contributed by atoms with E-state index < -0.39 is 0 Å². The minimum absolute atomic E-state index is 0.0143. The molecule has 2 N–H and O–H groups in total. The average Bonchev–Trinajstić information content (AvgIpc) is 2.48. The zero-order valence-electron chi connectivity index (χ0n) is 9.63. The predicted molar refractivity (Wildman–Crippen MR) is 67.9 cm³/mol. The van der Waals surface area contributed by atoms with Gasteiger partial charge in [0.2, 0.25) is 0 Å². The van der Waals surface area contributed by atoms with Gasteiger partial charge in [-0.3, -0.25) is 0 Å². The Morgan fingerprint density at radius 1 is 1.24 bits per heavy atom. The number of hydrogen-bond acceptors (Lipinski definition) is 2. The summed E-state index contributed by atoms with van der Waals surface area (Å²) in [7, 11) is 0. The Morgan fingerprint density at radius 2 is 2.00 bits per heavy atom. The molecule has 2 nitrogen and oxygen atoms in total. The second kappa shape index (κ2) is 5.69. The van der Waals surface area contributed by atoms with Crippen LogP contribution in [0.1, 0.15) is 32.1 Å². The van der Waals surface area contributed by atoms with Crippen molar-refractivity contribution < 1.29 is 9.50 Å². The first-order valence-corrected chi connectivity index (χ1v) is 6.44. The van der Waals surface area contributed by atoms with Gasteiger partial charge in [0.15, 0.2) is 0 Å². The third kappa shape index (κ3) is 3.33. The maximum atomic E-state index is 12.9. The van der Waals surface area contributed by atoms with Crippen molar-refractivity contribution in [2.24, 2.45) is 0 Å². The summed E-state index contributed by atoms with van der Waals surface area (Å²) < 4.78 is 12.9. The van der Waals surface area contributed by atoms with Crippen molar-refractivity contribution in [3.8, 4) is 0 Å². The van der Waals surface area contributed by atoms with Gasteiger partial charge in [0, 0.05) is 0 Å². The molecule has 17 heavy (non-hydrogen) atoms. The fourth-order valence-corrected chi connectivity index (χ4v) is 2.48. The van der Waals surface area contributed by atoms with Crippen LogP contribution in [-0.4, -0.2) is 17.3 Å². The van der Waals surface area contributed by atoms with Crippen LogP contribution in [0, 0.1) is 5.82 Å². The molecule has 0 saturated heterocycles. The van der Waals surface area contributed by atoms with E-state index >= 15 is 0 Å². The van der Waals surface area contributed by atoms with E-state index in [-0.39, 0.29) is 18.0 Å². The lowest BCUT2D eigenvalue weighted by Crippen LogP contribution is -2.32. The monoisotopic (exact) mass is 257 g/mol. The molecule has 2 unspecified atom stereocenters. The topological polar surface area (TPSA) is 32.3 Å². The van der Waals surface area contributed by atoms with E-state index in [0.717, 1.165) is 32.1 Å². The number of benzene rings is 1. The maximum Gasteiger partial charge on any atom is 0.124 e. The molecule has 0 amide bonds. The lowest BCUT2D eigenvalue weighted by molar-refractivity contribution is 0.144. The Hall–Kier alpha value is -0.800. The molecular weight excluding hydrogens is 241 g/mol. The van der Waals surface area contributed by atoms with Gasteiger partial charge in [-0.2, -0.15) is 0 Å². The molecule has 1 aromatic rings. The third-order valence-corrected chi connectivity index (χ3v) is 3.56. The highest BCUT2D eigenvalue weighted by molar-refractivity contribution is 6.33. The predicted octanol–water partition coefficient (Wildman–Crippen LogP) is 3.58. The molecule has 2 rings (SSSR count). The molecule has 1 fully saturated rings. The van der Waals surface area contributed by atoms with E-state index in [4.69, 9.17) is 11.6 Å². The largest absolute Gasteiger partial charge is 0.391 e. The highest BCUT2D eigenvalue weighted by Gasteiger charge is 2.21. The molecule has 0 aromatic heterocycles. The number of aliphatic hydroxyl groups is 1. The summed E-state index contributed by atoms with van der Waals surface area (Å²) in [6.45, 7) is 0. The standard InChI is InChI=1S/C13H17ClFNO/c14-10-8-9(15)6-7-11(10)16-12-4-2-1-3-5-13(12)17/h6-8,12-13,16-17H,1-5H2. The highest BCUT2D eigenvalue weighted by atomic mass is 35.5. The number of nitrogens with one attached hydrogen (secondary N) is 1. The van der Waals surface area contributed by atoms with Crippen molar-refractivity contribution in [2.45, 2.75) is 44.2 Å². The first-order valence-electron chi connectivity index (χ1n) is 6.06. The van der Waals surface area contributed by atoms with Crippen LogP contribution in [0.15, 0.2) is 18.2 Å². The first-order chi connectivity index (χ1) is 8.16. The third-order valence-electron chi connectivity index (χ3n) is 3.25. The van der Waals surface area contributed by atoms with Crippen LogP contribution >= 0.6 is 11.6 Å². The van der Waals surface area contributed by atoms with Crippen LogP contribution in [0.4, 0.5) is 10.1 Å². The molecule has 1 saturated carbocycles. The minimum Gasteiger partial charge on any atom is -0.391 e. The summed E-state index contributed by atoms with van der Waals surface area (Å²) in [4.78, 5) is 0. The van der Waals surface area contributed by atoms with Gasteiger partial charge in [-0.05, 0) is 31.0 Å². The van der Waals surface area contributed by atoms with E-state index in [1.807, 2.05) is 0 Å². The van der Waals surface area contributed by atoms with Gasteiger partial charge >= 0.3 is 0 Å². The number of anilines is 1. The zero-order chi connectivity index (χ0) is 12.3. The van der Waals surface area contributed by atoms with Gasteiger partial charge in [-0.25, -0.2) is 4.39 Å². The molecule has 0 radical (unpaired) electrons. The van der Waals surface area contributed by atoms with Gasteiger partial charge in [-0.1, -0.05) is 30.9 Å². The lowest BCUT2D eigenvalue weighted by Gasteiger charge is -2.23. The first kappa shape index (κ1) is 12.7. The molecule has 0 bridgehead atoms. The zero-order valence-corrected chi connectivity index (χ0v) is 10.4. The summed E-state index contributed by atoms with van der Waals surface area (Å²) in [5.74, 6) is -0.345. The maximum absolute atomic E-state index is 12.9. The smallest absolute Gasteiger partial charge is 0.124 e. The van der Waals surface area contributed by atoms with Gasteiger partial charge in [-0.15, -0.1) is 0 Å². The van der Waals surface area contributed by atoms with Crippen molar-refractivity contribution in [1.29, 1.82) is 0 Å². The summed E-state index contributed by atoms with van der Waals surface area (Å²) in [5.41, 5.74) is 0.694. The summed E-state index contributed by atoms with van der Waals surface area (Å²) in [5, 5.41) is 13.6. The van der Waals surface area contributed by atoms with Crippen molar-refractivity contribution in [3.05, 3.63) is 29.0 Å². The fourth-order valence-electron chi connectivity index (χ4n) is 2.26. The minimum atomic E-state index is -0.349. The molecule has 1 aliphatic rings. The van der Waals surface area contributed by atoms with Crippen LogP contribution in [0.2, 0.25) is 5.02 Å². The summed E-state index contributed by atoms with van der Waals surface area (Å²) in [6, 6.07) is 4.29. The van der Waals surface area contributed by atoms with E-state index in [2.05, 4.69) is 5.32 Å². The van der Waals surface area contributed by atoms with Gasteiger partial charge in [0.25, 0.3) is 0 Å². The molecule has 94 valence electrons.